The normalized spacial score (nSPS) is 19.6. The van der Waals surface area contributed by atoms with Crippen molar-refractivity contribution < 1.29 is 9.72 Å². The van der Waals surface area contributed by atoms with Gasteiger partial charge in [-0.05, 0) is 64.4 Å². The number of likely N-dealkylation sites (tertiary alicyclic amines) is 1. The summed E-state index contributed by atoms with van der Waals surface area (Å²) in [4.78, 5) is 27.9. The zero-order valence-corrected chi connectivity index (χ0v) is 14.7. The Morgan fingerprint density at radius 2 is 1.84 bits per heavy atom. The molecule has 1 amide bonds. The SMILES string of the molecule is CN1CCC(NC(=O)c2ccc(N3CCCCC3)c([N+](=O)[O-])c2)CC1. The molecule has 3 rings (SSSR count). The predicted octanol–water partition coefficient (Wildman–Crippen LogP) is 2.41. The van der Waals surface area contributed by atoms with Crippen LogP contribution in [0, 0.1) is 10.1 Å². The Morgan fingerprint density at radius 1 is 1.16 bits per heavy atom. The maximum absolute atomic E-state index is 12.5. The van der Waals surface area contributed by atoms with Gasteiger partial charge in [-0.25, -0.2) is 0 Å². The number of hydrogen-bond acceptors (Lipinski definition) is 5. The van der Waals surface area contributed by atoms with Gasteiger partial charge >= 0.3 is 0 Å². The van der Waals surface area contributed by atoms with Crippen LogP contribution < -0.4 is 10.2 Å². The molecule has 1 aromatic rings. The van der Waals surface area contributed by atoms with Crippen LogP contribution in [0.4, 0.5) is 11.4 Å². The van der Waals surface area contributed by atoms with Gasteiger partial charge in [-0.2, -0.15) is 0 Å². The van der Waals surface area contributed by atoms with E-state index in [2.05, 4.69) is 22.2 Å². The molecule has 2 aliphatic rings. The molecule has 0 aliphatic carbocycles. The fourth-order valence-electron chi connectivity index (χ4n) is 3.63. The summed E-state index contributed by atoms with van der Waals surface area (Å²) in [6, 6.07) is 5.01. The van der Waals surface area contributed by atoms with Crippen LogP contribution in [-0.2, 0) is 0 Å². The van der Waals surface area contributed by atoms with Gasteiger partial charge in [0, 0.05) is 30.8 Å². The summed E-state index contributed by atoms with van der Waals surface area (Å²) in [5.74, 6) is -0.220. The number of piperidine rings is 2. The van der Waals surface area contributed by atoms with E-state index in [1.54, 1.807) is 12.1 Å². The molecule has 1 N–H and O–H groups in total. The maximum atomic E-state index is 12.5. The van der Waals surface area contributed by atoms with Crippen molar-refractivity contribution in [3.8, 4) is 0 Å². The number of carbonyl (C=O) groups is 1. The van der Waals surface area contributed by atoms with Crippen LogP contribution in [0.15, 0.2) is 18.2 Å². The molecule has 2 aliphatic heterocycles. The van der Waals surface area contributed by atoms with E-state index in [0.29, 0.717) is 11.3 Å². The second-order valence-electron chi connectivity index (χ2n) is 7.06. The van der Waals surface area contributed by atoms with Gasteiger partial charge in [0.15, 0.2) is 0 Å². The first-order valence-electron chi connectivity index (χ1n) is 9.07. The summed E-state index contributed by atoms with van der Waals surface area (Å²) < 4.78 is 0. The molecule has 0 unspecified atom stereocenters. The van der Waals surface area contributed by atoms with E-state index in [1.165, 1.54) is 12.5 Å². The maximum Gasteiger partial charge on any atom is 0.293 e. The molecule has 2 heterocycles. The number of amides is 1. The van der Waals surface area contributed by atoms with Crippen molar-refractivity contribution in [1.82, 2.24) is 10.2 Å². The zero-order chi connectivity index (χ0) is 17.8. The van der Waals surface area contributed by atoms with Crippen LogP contribution in [0.2, 0.25) is 0 Å². The molecule has 0 saturated carbocycles. The van der Waals surface area contributed by atoms with Crippen LogP contribution in [0.5, 0.6) is 0 Å². The molecule has 0 spiro atoms. The third kappa shape index (κ3) is 4.28. The fourth-order valence-corrected chi connectivity index (χ4v) is 3.63. The van der Waals surface area contributed by atoms with Gasteiger partial charge < -0.3 is 15.1 Å². The van der Waals surface area contributed by atoms with E-state index in [1.807, 2.05) is 0 Å². The largest absolute Gasteiger partial charge is 0.366 e. The number of nitro groups is 1. The standard InChI is InChI=1S/C18H26N4O3/c1-20-11-7-15(8-12-20)19-18(23)14-5-6-16(17(13-14)22(24)25)21-9-3-2-4-10-21/h5-6,13,15H,2-4,7-12H2,1H3,(H,19,23). The monoisotopic (exact) mass is 346 g/mol. The second-order valence-corrected chi connectivity index (χ2v) is 7.06. The van der Waals surface area contributed by atoms with Crippen molar-refractivity contribution in [3.05, 3.63) is 33.9 Å². The molecule has 0 aromatic heterocycles. The lowest BCUT2D eigenvalue weighted by Gasteiger charge is -2.30. The van der Waals surface area contributed by atoms with E-state index in [0.717, 1.165) is 51.9 Å². The highest BCUT2D eigenvalue weighted by atomic mass is 16.6. The van der Waals surface area contributed by atoms with Gasteiger partial charge in [0.1, 0.15) is 5.69 Å². The van der Waals surface area contributed by atoms with Gasteiger partial charge in [0.05, 0.1) is 4.92 Å². The van der Waals surface area contributed by atoms with E-state index in [4.69, 9.17) is 0 Å². The Labute approximate surface area is 148 Å². The van der Waals surface area contributed by atoms with Crippen molar-refractivity contribution in [2.24, 2.45) is 0 Å². The number of nitrogens with zero attached hydrogens (tertiary/aromatic N) is 3. The molecule has 136 valence electrons. The fraction of sp³-hybridized carbons (Fsp3) is 0.611. The van der Waals surface area contributed by atoms with Gasteiger partial charge in [-0.1, -0.05) is 0 Å². The number of rotatable bonds is 4. The van der Waals surface area contributed by atoms with Crippen molar-refractivity contribution in [2.45, 2.75) is 38.1 Å². The molecule has 25 heavy (non-hydrogen) atoms. The molecular weight excluding hydrogens is 320 g/mol. The van der Waals surface area contributed by atoms with Crippen LogP contribution in [-0.4, -0.2) is 55.0 Å². The molecule has 7 nitrogen and oxygen atoms in total. The average molecular weight is 346 g/mol. The quantitative estimate of drug-likeness (QED) is 0.669. The van der Waals surface area contributed by atoms with Crippen molar-refractivity contribution in [1.29, 1.82) is 0 Å². The molecule has 7 heteroatoms. The Hall–Kier alpha value is -2.15. The van der Waals surface area contributed by atoms with Gasteiger partial charge in [0.2, 0.25) is 0 Å². The smallest absolute Gasteiger partial charge is 0.293 e. The van der Waals surface area contributed by atoms with Crippen molar-refractivity contribution in [3.63, 3.8) is 0 Å². The molecule has 0 atom stereocenters. The summed E-state index contributed by atoms with van der Waals surface area (Å²) >= 11 is 0. The lowest BCUT2D eigenvalue weighted by atomic mass is 10.0. The van der Waals surface area contributed by atoms with Crippen LogP contribution >= 0.6 is 0 Å². The van der Waals surface area contributed by atoms with Crippen molar-refractivity contribution >= 4 is 17.3 Å². The first kappa shape index (κ1) is 17.7. The number of hydrogen-bond donors (Lipinski definition) is 1. The first-order chi connectivity index (χ1) is 12.0. The third-order valence-electron chi connectivity index (χ3n) is 5.18. The molecule has 0 radical (unpaired) electrons. The number of nitro benzene ring substituents is 1. The summed E-state index contributed by atoms with van der Waals surface area (Å²) in [6.07, 6.45) is 5.10. The Kier molecular flexibility index (Phi) is 5.53. The van der Waals surface area contributed by atoms with E-state index in [-0.39, 0.29) is 22.6 Å². The van der Waals surface area contributed by atoms with E-state index >= 15 is 0 Å². The lowest BCUT2D eigenvalue weighted by molar-refractivity contribution is -0.384. The number of anilines is 1. The third-order valence-corrected chi connectivity index (χ3v) is 5.18. The molecule has 2 fully saturated rings. The predicted molar refractivity (Wildman–Crippen MR) is 97.1 cm³/mol. The topological polar surface area (TPSA) is 78.7 Å². The van der Waals surface area contributed by atoms with Gasteiger partial charge in [0.25, 0.3) is 11.6 Å². The lowest BCUT2D eigenvalue weighted by Crippen LogP contribution is -2.43. The van der Waals surface area contributed by atoms with Crippen LogP contribution in [0.3, 0.4) is 0 Å². The first-order valence-corrected chi connectivity index (χ1v) is 9.07. The Balaban J connectivity index is 1.74. The summed E-state index contributed by atoms with van der Waals surface area (Å²) in [6.45, 7) is 3.59. The average Bonchev–Trinajstić information content (AvgIpc) is 2.63. The summed E-state index contributed by atoms with van der Waals surface area (Å²) in [5.41, 5.74) is 1.02. The summed E-state index contributed by atoms with van der Waals surface area (Å²) in [7, 11) is 2.07. The highest BCUT2D eigenvalue weighted by molar-refractivity contribution is 5.96. The van der Waals surface area contributed by atoms with Crippen molar-refractivity contribution in [2.75, 3.05) is 38.1 Å². The van der Waals surface area contributed by atoms with E-state index in [9.17, 15) is 14.9 Å². The number of benzene rings is 1. The zero-order valence-electron chi connectivity index (χ0n) is 14.7. The minimum atomic E-state index is -0.379. The Morgan fingerprint density at radius 3 is 2.48 bits per heavy atom. The molecular formula is C18H26N4O3. The van der Waals surface area contributed by atoms with E-state index < -0.39 is 0 Å². The highest BCUT2D eigenvalue weighted by Crippen LogP contribution is 2.31. The number of carbonyl (C=O) groups excluding carboxylic acids is 1. The highest BCUT2D eigenvalue weighted by Gasteiger charge is 2.24. The minimum Gasteiger partial charge on any atom is -0.366 e. The molecule has 2 saturated heterocycles. The molecule has 1 aromatic carbocycles. The van der Waals surface area contributed by atoms with Gasteiger partial charge in [-0.15, -0.1) is 0 Å². The second kappa shape index (κ2) is 7.82. The minimum absolute atomic E-state index is 0.0259. The van der Waals surface area contributed by atoms with Crippen LogP contribution in [0.1, 0.15) is 42.5 Å². The van der Waals surface area contributed by atoms with Crippen LogP contribution in [0.25, 0.3) is 0 Å². The Bertz CT molecular complexity index is 635. The molecule has 0 bridgehead atoms. The van der Waals surface area contributed by atoms with Gasteiger partial charge in [-0.3, -0.25) is 14.9 Å². The summed E-state index contributed by atoms with van der Waals surface area (Å²) in [5, 5.41) is 14.5. The number of nitrogens with one attached hydrogen (secondary N) is 1.